The quantitative estimate of drug-likeness (QED) is 0.362. The third-order valence-electron chi connectivity index (χ3n) is 5.42. The number of hydrogen-bond acceptors (Lipinski definition) is 4. The topological polar surface area (TPSA) is 71.0 Å². The zero-order valence-corrected chi connectivity index (χ0v) is 19.6. The van der Waals surface area contributed by atoms with Gasteiger partial charge in [-0.3, -0.25) is 9.59 Å². The van der Waals surface area contributed by atoms with Crippen LogP contribution in [0.4, 0.5) is 0 Å². The molecule has 0 saturated carbocycles. The van der Waals surface area contributed by atoms with E-state index in [1.54, 1.807) is 11.1 Å². The highest BCUT2D eigenvalue weighted by atomic mass is 79.9. The minimum atomic E-state index is -0.338. The third kappa shape index (κ3) is 6.29. The normalized spacial score (nSPS) is 15.7. The number of hydrogen-bond donors (Lipinski definition) is 1. The predicted molar refractivity (Wildman–Crippen MR) is 131 cm³/mol. The number of halogens is 1. The lowest BCUT2D eigenvalue weighted by atomic mass is 9.99. The lowest BCUT2D eigenvalue weighted by Crippen LogP contribution is -2.36. The SMILES string of the molecule is O=C(CN1CC(c2ccccc2)CC1=O)NN=Cc1cc(Br)ccc1OCc1ccccc1. The fraction of sp³-hybridized carbons (Fsp3) is 0.192. The van der Waals surface area contributed by atoms with Crippen LogP contribution in [0.1, 0.15) is 29.0 Å². The highest BCUT2D eigenvalue weighted by Crippen LogP contribution is 2.27. The van der Waals surface area contributed by atoms with Crippen molar-refractivity contribution in [1.29, 1.82) is 0 Å². The Morgan fingerprint density at radius 3 is 2.58 bits per heavy atom. The summed E-state index contributed by atoms with van der Waals surface area (Å²) in [6.45, 7) is 0.938. The molecule has 1 saturated heterocycles. The van der Waals surface area contributed by atoms with Gasteiger partial charge in [0.15, 0.2) is 0 Å². The lowest BCUT2D eigenvalue weighted by molar-refractivity contribution is -0.133. The molecule has 1 aliphatic heterocycles. The predicted octanol–water partition coefficient (Wildman–Crippen LogP) is 4.49. The Bertz CT molecular complexity index is 1140. The van der Waals surface area contributed by atoms with Crippen LogP contribution in [0, 0.1) is 0 Å². The monoisotopic (exact) mass is 505 g/mol. The van der Waals surface area contributed by atoms with Gasteiger partial charge in [0.05, 0.1) is 6.21 Å². The molecule has 1 N–H and O–H groups in total. The van der Waals surface area contributed by atoms with E-state index in [0.717, 1.165) is 21.2 Å². The summed E-state index contributed by atoms with van der Waals surface area (Å²) in [6, 6.07) is 25.4. The molecule has 1 heterocycles. The molecule has 0 bridgehead atoms. The van der Waals surface area contributed by atoms with Gasteiger partial charge in [-0.2, -0.15) is 5.10 Å². The van der Waals surface area contributed by atoms with Crippen LogP contribution in [0.25, 0.3) is 0 Å². The molecule has 1 unspecified atom stereocenters. The van der Waals surface area contributed by atoms with Crippen LogP contribution in [0.15, 0.2) is 88.4 Å². The van der Waals surface area contributed by atoms with E-state index in [4.69, 9.17) is 4.74 Å². The first-order chi connectivity index (χ1) is 16.1. The summed E-state index contributed by atoms with van der Waals surface area (Å²) < 4.78 is 6.81. The van der Waals surface area contributed by atoms with E-state index < -0.39 is 0 Å². The zero-order valence-electron chi connectivity index (χ0n) is 18.0. The molecule has 4 rings (SSSR count). The average molecular weight is 506 g/mol. The van der Waals surface area contributed by atoms with Gasteiger partial charge < -0.3 is 9.64 Å². The van der Waals surface area contributed by atoms with Crippen molar-refractivity contribution < 1.29 is 14.3 Å². The van der Waals surface area contributed by atoms with Crippen LogP contribution in [0.5, 0.6) is 5.75 Å². The number of hydrazone groups is 1. The number of carbonyl (C=O) groups excluding carboxylic acids is 2. The molecular formula is C26H24BrN3O3. The first-order valence-corrected chi connectivity index (χ1v) is 11.5. The van der Waals surface area contributed by atoms with Crippen molar-refractivity contribution in [3.05, 3.63) is 100 Å². The van der Waals surface area contributed by atoms with Crippen LogP contribution in [0.3, 0.4) is 0 Å². The first-order valence-electron chi connectivity index (χ1n) is 10.7. The smallest absolute Gasteiger partial charge is 0.259 e. The fourth-order valence-electron chi connectivity index (χ4n) is 3.74. The summed E-state index contributed by atoms with van der Waals surface area (Å²) >= 11 is 3.45. The molecule has 33 heavy (non-hydrogen) atoms. The van der Waals surface area contributed by atoms with Gasteiger partial charge >= 0.3 is 0 Å². The molecule has 2 amide bonds. The first kappa shape index (κ1) is 22.7. The summed E-state index contributed by atoms with van der Waals surface area (Å²) in [6.07, 6.45) is 1.96. The van der Waals surface area contributed by atoms with Crippen LogP contribution in [-0.2, 0) is 16.2 Å². The maximum Gasteiger partial charge on any atom is 0.259 e. The van der Waals surface area contributed by atoms with Gasteiger partial charge in [-0.25, -0.2) is 5.43 Å². The fourth-order valence-corrected chi connectivity index (χ4v) is 4.12. The van der Waals surface area contributed by atoms with Crippen molar-refractivity contribution in [2.24, 2.45) is 5.10 Å². The second kappa shape index (κ2) is 10.9. The molecular weight excluding hydrogens is 482 g/mol. The lowest BCUT2D eigenvalue weighted by Gasteiger charge is -2.15. The second-order valence-electron chi connectivity index (χ2n) is 7.84. The molecule has 7 heteroatoms. The molecule has 3 aromatic rings. The van der Waals surface area contributed by atoms with E-state index >= 15 is 0 Å². The Morgan fingerprint density at radius 2 is 1.82 bits per heavy atom. The Hall–Kier alpha value is -3.45. The number of carbonyl (C=O) groups is 2. The Labute approximate surface area is 201 Å². The van der Waals surface area contributed by atoms with Gasteiger partial charge in [-0.15, -0.1) is 0 Å². The Balaban J connectivity index is 1.33. The average Bonchev–Trinajstić information content (AvgIpc) is 3.20. The van der Waals surface area contributed by atoms with E-state index in [1.165, 1.54) is 0 Å². The summed E-state index contributed by atoms with van der Waals surface area (Å²) in [5, 5.41) is 4.08. The van der Waals surface area contributed by atoms with E-state index in [0.29, 0.717) is 25.3 Å². The van der Waals surface area contributed by atoms with E-state index in [2.05, 4.69) is 26.5 Å². The molecule has 0 aliphatic carbocycles. The standard InChI is InChI=1S/C26H24BrN3O3/c27-23-11-12-24(33-18-19-7-3-1-4-8-19)21(13-23)15-28-29-25(31)17-30-16-22(14-26(30)32)20-9-5-2-6-10-20/h1-13,15,22H,14,16-18H2,(H,29,31). The van der Waals surface area contributed by atoms with E-state index in [-0.39, 0.29) is 24.3 Å². The number of rotatable bonds is 8. The summed E-state index contributed by atoms with van der Waals surface area (Å²) in [7, 11) is 0. The minimum absolute atomic E-state index is 0.0185. The molecule has 0 radical (unpaired) electrons. The van der Waals surface area contributed by atoms with E-state index in [9.17, 15) is 9.59 Å². The second-order valence-corrected chi connectivity index (χ2v) is 8.75. The van der Waals surface area contributed by atoms with Gasteiger partial charge in [0, 0.05) is 28.9 Å². The largest absolute Gasteiger partial charge is 0.488 e. The zero-order chi connectivity index (χ0) is 23.0. The molecule has 1 aliphatic rings. The number of amides is 2. The number of ether oxygens (including phenoxy) is 1. The van der Waals surface area contributed by atoms with Crippen molar-refractivity contribution in [2.45, 2.75) is 18.9 Å². The third-order valence-corrected chi connectivity index (χ3v) is 5.92. The molecule has 1 atom stereocenters. The summed E-state index contributed by atoms with van der Waals surface area (Å²) in [5.41, 5.74) is 5.41. The molecule has 6 nitrogen and oxygen atoms in total. The number of nitrogens with zero attached hydrogens (tertiary/aromatic N) is 2. The maximum atomic E-state index is 12.4. The summed E-state index contributed by atoms with van der Waals surface area (Å²) in [5.74, 6) is 0.406. The maximum absolute atomic E-state index is 12.4. The van der Waals surface area contributed by atoms with E-state index in [1.807, 2.05) is 78.9 Å². The van der Waals surface area contributed by atoms with Gasteiger partial charge in [-0.1, -0.05) is 76.6 Å². The van der Waals surface area contributed by atoms with Crippen molar-refractivity contribution in [2.75, 3.05) is 13.1 Å². The van der Waals surface area contributed by atoms with Crippen molar-refractivity contribution >= 4 is 34.0 Å². The van der Waals surface area contributed by atoms with Crippen LogP contribution in [0.2, 0.25) is 0 Å². The minimum Gasteiger partial charge on any atom is -0.488 e. The highest BCUT2D eigenvalue weighted by Gasteiger charge is 2.31. The molecule has 1 fully saturated rings. The Kier molecular flexibility index (Phi) is 7.52. The van der Waals surface area contributed by atoms with Crippen LogP contribution >= 0.6 is 15.9 Å². The van der Waals surface area contributed by atoms with Crippen molar-refractivity contribution in [1.82, 2.24) is 10.3 Å². The summed E-state index contributed by atoms with van der Waals surface area (Å²) in [4.78, 5) is 26.3. The van der Waals surface area contributed by atoms with Gasteiger partial charge in [0.2, 0.25) is 5.91 Å². The molecule has 168 valence electrons. The van der Waals surface area contributed by atoms with Gasteiger partial charge in [0.25, 0.3) is 5.91 Å². The molecule has 0 spiro atoms. The van der Waals surface area contributed by atoms with Gasteiger partial charge in [0.1, 0.15) is 18.9 Å². The van der Waals surface area contributed by atoms with Crippen LogP contribution < -0.4 is 10.2 Å². The molecule has 3 aromatic carbocycles. The highest BCUT2D eigenvalue weighted by molar-refractivity contribution is 9.10. The van der Waals surface area contributed by atoms with Crippen molar-refractivity contribution in [3.8, 4) is 5.75 Å². The number of benzene rings is 3. The number of nitrogens with one attached hydrogen (secondary N) is 1. The number of likely N-dealkylation sites (tertiary alicyclic amines) is 1. The van der Waals surface area contributed by atoms with Crippen molar-refractivity contribution in [3.63, 3.8) is 0 Å². The van der Waals surface area contributed by atoms with Crippen LogP contribution in [-0.4, -0.2) is 36.0 Å². The van der Waals surface area contributed by atoms with Gasteiger partial charge in [-0.05, 0) is 29.3 Å². The molecule has 0 aromatic heterocycles. The Morgan fingerprint density at radius 1 is 1.09 bits per heavy atom.